The molecule has 0 saturated heterocycles. The minimum atomic E-state index is -0.00322. The van der Waals surface area contributed by atoms with E-state index in [1.807, 2.05) is 16.8 Å². The monoisotopic (exact) mass is 257 g/mol. The van der Waals surface area contributed by atoms with Crippen molar-refractivity contribution in [2.24, 2.45) is 5.73 Å². The van der Waals surface area contributed by atoms with Gasteiger partial charge in [-0.05, 0) is 25.0 Å². The van der Waals surface area contributed by atoms with Gasteiger partial charge in [-0.2, -0.15) is 5.10 Å². The largest absolute Gasteiger partial charge is 0.382 e. The molecule has 0 aliphatic heterocycles. The number of hydrogen-bond acceptors (Lipinski definition) is 3. The van der Waals surface area contributed by atoms with Gasteiger partial charge in [-0.3, -0.25) is 15.1 Å². The first-order valence-electron chi connectivity index (χ1n) is 6.49. The Morgan fingerprint density at radius 1 is 1.37 bits per heavy atom. The van der Waals surface area contributed by atoms with Gasteiger partial charge in [0.15, 0.2) is 0 Å². The summed E-state index contributed by atoms with van der Waals surface area (Å²) in [6.45, 7) is 4.81. The van der Waals surface area contributed by atoms with Crippen molar-refractivity contribution in [3.8, 4) is 0 Å². The number of nitrogens with zero attached hydrogens (tertiary/aromatic N) is 3. The summed E-state index contributed by atoms with van der Waals surface area (Å²) in [4.78, 5) is 4.17. The minimum Gasteiger partial charge on any atom is -0.382 e. The van der Waals surface area contributed by atoms with Crippen LogP contribution in [0.2, 0.25) is 0 Å². The van der Waals surface area contributed by atoms with Gasteiger partial charge >= 0.3 is 0 Å². The van der Waals surface area contributed by atoms with Crippen molar-refractivity contribution in [2.45, 2.75) is 33.2 Å². The van der Waals surface area contributed by atoms with Crippen LogP contribution in [0.3, 0.4) is 0 Å². The van der Waals surface area contributed by atoms with Crippen LogP contribution in [0.4, 0.5) is 0 Å². The molecule has 100 valence electrons. The summed E-state index contributed by atoms with van der Waals surface area (Å²) in [7, 11) is 0. The van der Waals surface area contributed by atoms with E-state index >= 15 is 0 Å². The Balaban J connectivity index is 2.35. The zero-order valence-corrected chi connectivity index (χ0v) is 11.3. The summed E-state index contributed by atoms with van der Waals surface area (Å²) in [5.41, 5.74) is 9.31. The van der Waals surface area contributed by atoms with Crippen LogP contribution in [0.15, 0.2) is 24.4 Å². The normalized spacial score (nSPS) is 10.6. The molecule has 2 aromatic rings. The van der Waals surface area contributed by atoms with Gasteiger partial charge in [-0.15, -0.1) is 0 Å². The van der Waals surface area contributed by atoms with Crippen LogP contribution >= 0.6 is 0 Å². The molecule has 0 aromatic carbocycles. The number of aromatic nitrogens is 3. The molecular formula is C14H19N5. The van der Waals surface area contributed by atoms with Crippen molar-refractivity contribution in [2.75, 3.05) is 0 Å². The predicted octanol–water partition coefficient (Wildman–Crippen LogP) is 1.74. The van der Waals surface area contributed by atoms with Crippen molar-refractivity contribution < 1.29 is 0 Å². The Kier molecular flexibility index (Phi) is 3.94. The van der Waals surface area contributed by atoms with E-state index in [-0.39, 0.29) is 5.84 Å². The highest BCUT2D eigenvalue weighted by Gasteiger charge is 2.10. The van der Waals surface area contributed by atoms with E-state index < -0.39 is 0 Å². The Labute approximate surface area is 113 Å². The Morgan fingerprint density at radius 2 is 2.16 bits per heavy atom. The first-order chi connectivity index (χ1) is 9.15. The van der Waals surface area contributed by atoms with Crippen LogP contribution in [-0.2, 0) is 19.4 Å². The molecule has 0 radical (unpaired) electrons. The zero-order chi connectivity index (χ0) is 13.8. The maximum atomic E-state index is 7.57. The number of aryl methyl sites for hydroxylation is 2. The van der Waals surface area contributed by atoms with Gasteiger partial charge in [-0.25, -0.2) is 0 Å². The van der Waals surface area contributed by atoms with Crippen molar-refractivity contribution in [1.29, 1.82) is 5.41 Å². The summed E-state index contributed by atoms with van der Waals surface area (Å²) in [6.07, 6.45) is 3.51. The molecule has 0 unspecified atom stereocenters. The van der Waals surface area contributed by atoms with Gasteiger partial charge in [0.25, 0.3) is 0 Å². The van der Waals surface area contributed by atoms with Crippen molar-refractivity contribution in [3.63, 3.8) is 0 Å². The van der Waals surface area contributed by atoms with Gasteiger partial charge < -0.3 is 5.73 Å². The van der Waals surface area contributed by atoms with Crippen molar-refractivity contribution in [3.05, 3.63) is 47.0 Å². The molecule has 0 amide bonds. The molecule has 5 heteroatoms. The van der Waals surface area contributed by atoms with Crippen LogP contribution in [0, 0.1) is 5.41 Å². The third kappa shape index (κ3) is 2.81. The molecule has 19 heavy (non-hydrogen) atoms. The van der Waals surface area contributed by atoms with Gasteiger partial charge in [-0.1, -0.05) is 19.9 Å². The molecule has 3 N–H and O–H groups in total. The zero-order valence-electron chi connectivity index (χ0n) is 11.3. The van der Waals surface area contributed by atoms with E-state index in [4.69, 9.17) is 11.1 Å². The van der Waals surface area contributed by atoms with Crippen LogP contribution in [0.1, 0.15) is 36.5 Å². The molecule has 0 aliphatic carbocycles. The quantitative estimate of drug-likeness (QED) is 0.632. The second-order valence-corrected chi connectivity index (χ2v) is 4.42. The van der Waals surface area contributed by atoms with E-state index in [0.29, 0.717) is 12.2 Å². The molecule has 0 saturated carbocycles. The number of pyridine rings is 1. The van der Waals surface area contributed by atoms with E-state index in [2.05, 4.69) is 30.0 Å². The Hall–Kier alpha value is -2.17. The maximum absolute atomic E-state index is 7.57. The molecule has 0 fully saturated rings. The van der Waals surface area contributed by atoms with Crippen LogP contribution < -0.4 is 5.73 Å². The number of nitrogen functional groups attached to an aromatic ring is 1. The third-order valence-electron chi connectivity index (χ3n) is 3.10. The topological polar surface area (TPSA) is 80.6 Å². The molecule has 0 spiro atoms. The fourth-order valence-corrected chi connectivity index (χ4v) is 2.08. The van der Waals surface area contributed by atoms with E-state index in [1.165, 1.54) is 5.69 Å². The predicted molar refractivity (Wildman–Crippen MR) is 75.3 cm³/mol. The van der Waals surface area contributed by atoms with Gasteiger partial charge in [0.2, 0.25) is 0 Å². The van der Waals surface area contributed by atoms with E-state index in [0.717, 1.165) is 24.1 Å². The van der Waals surface area contributed by atoms with Crippen molar-refractivity contribution >= 4 is 5.84 Å². The molecule has 0 aliphatic rings. The second kappa shape index (κ2) is 5.65. The second-order valence-electron chi connectivity index (χ2n) is 4.42. The number of amidine groups is 1. The number of nitrogens with two attached hydrogens (primary N) is 1. The third-order valence-corrected chi connectivity index (χ3v) is 3.10. The lowest BCUT2D eigenvalue weighted by molar-refractivity contribution is 0.638. The number of hydrogen-bond donors (Lipinski definition) is 2. The molecule has 2 aromatic heterocycles. The first-order valence-corrected chi connectivity index (χ1v) is 6.49. The lowest BCUT2D eigenvalue weighted by Gasteiger charge is -2.09. The summed E-state index contributed by atoms with van der Waals surface area (Å²) in [6, 6.07) is 5.93. The fraction of sp³-hybridized carbons (Fsp3) is 0.357. The molecule has 2 heterocycles. The highest BCUT2D eigenvalue weighted by atomic mass is 15.3. The van der Waals surface area contributed by atoms with Gasteiger partial charge in [0, 0.05) is 17.5 Å². The van der Waals surface area contributed by atoms with Gasteiger partial charge in [0.05, 0.1) is 12.2 Å². The maximum Gasteiger partial charge on any atom is 0.142 e. The Bertz CT molecular complexity index is 585. The standard InChI is InChI=1S/C14H19N5/c1-3-11-8-12(4-2)19(18-11)9-10-6-5-7-17-13(10)14(15)16/h5-8H,3-4,9H2,1-2H3,(H3,15,16). The number of nitrogens with one attached hydrogen (secondary N) is 1. The van der Waals surface area contributed by atoms with Crippen LogP contribution in [0.25, 0.3) is 0 Å². The fourth-order valence-electron chi connectivity index (χ4n) is 2.08. The first kappa shape index (κ1) is 13.3. The van der Waals surface area contributed by atoms with Gasteiger partial charge in [0.1, 0.15) is 11.5 Å². The SMILES string of the molecule is CCc1cc(CC)n(Cc2cccnc2C(=N)N)n1. The average Bonchev–Trinajstić information content (AvgIpc) is 2.81. The van der Waals surface area contributed by atoms with E-state index in [1.54, 1.807) is 6.20 Å². The van der Waals surface area contributed by atoms with Crippen LogP contribution in [0.5, 0.6) is 0 Å². The highest BCUT2D eigenvalue weighted by Crippen LogP contribution is 2.12. The lowest BCUT2D eigenvalue weighted by atomic mass is 10.1. The lowest BCUT2D eigenvalue weighted by Crippen LogP contribution is -2.18. The molecule has 2 rings (SSSR count). The summed E-state index contributed by atoms with van der Waals surface area (Å²) >= 11 is 0. The Morgan fingerprint density at radius 3 is 2.79 bits per heavy atom. The van der Waals surface area contributed by atoms with Crippen molar-refractivity contribution in [1.82, 2.24) is 14.8 Å². The molecule has 0 bridgehead atoms. The average molecular weight is 257 g/mol. The molecule has 0 atom stereocenters. The molecular weight excluding hydrogens is 238 g/mol. The number of rotatable bonds is 5. The minimum absolute atomic E-state index is 0.00322. The van der Waals surface area contributed by atoms with E-state index in [9.17, 15) is 0 Å². The smallest absolute Gasteiger partial charge is 0.142 e. The summed E-state index contributed by atoms with van der Waals surface area (Å²) in [5.74, 6) is -0.00322. The summed E-state index contributed by atoms with van der Waals surface area (Å²) in [5, 5.41) is 12.1. The highest BCUT2D eigenvalue weighted by molar-refractivity contribution is 5.94. The van der Waals surface area contributed by atoms with Crippen LogP contribution in [-0.4, -0.2) is 20.6 Å². The summed E-state index contributed by atoms with van der Waals surface area (Å²) < 4.78 is 1.97. The molecule has 5 nitrogen and oxygen atoms in total.